The van der Waals surface area contributed by atoms with Crippen molar-refractivity contribution in [1.29, 1.82) is 5.26 Å². The summed E-state index contributed by atoms with van der Waals surface area (Å²) in [5.41, 5.74) is 1.20. The number of rotatable bonds is 4. The van der Waals surface area contributed by atoms with E-state index in [-0.39, 0.29) is 17.5 Å². The first-order valence-electron chi connectivity index (χ1n) is 8.58. The number of nitriles is 1. The van der Waals surface area contributed by atoms with Crippen molar-refractivity contribution < 1.29 is 13.2 Å². The van der Waals surface area contributed by atoms with Gasteiger partial charge in [-0.05, 0) is 42.8 Å². The Hall–Kier alpha value is -2.95. The quantitative estimate of drug-likeness (QED) is 0.696. The third kappa shape index (κ3) is 3.37. The summed E-state index contributed by atoms with van der Waals surface area (Å²) in [5, 5.41) is 9.84. The second kappa shape index (κ2) is 6.99. The van der Waals surface area contributed by atoms with Gasteiger partial charge in [-0.25, -0.2) is 8.42 Å². The SMILES string of the molecule is N#Cc1ccc(S(=O)(=O)N2CCC(Oc3cccc4cccnc34)C2)cc1. The average Bonchev–Trinajstić information content (AvgIpc) is 3.18. The number of ether oxygens (including phenoxy) is 1. The fraction of sp³-hybridized carbons (Fsp3) is 0.200. The van der Waals surface area contributed by atoms with Crippen LogP contribution in [0.3, 0.4) is 0 Å². The highest BCUT2D eigenvalue weighted by Crippen LogP contribution is 2.28. The van der Waals surface area contributed by atoms with Crippen LogP contribution in [0.2, 0.25) is 0 Å². The normalized spacial score (nSPS) is 17.7. The Morgan fingerprint density at radius 2 is 1.89 bits per heavy atom. The number of sulfonamides is 1. The van der Waals surface area contributed by atoms with Crippen LogP contribution in [0.5, 0.6) is 5.75 Å². The van der Waals surface area contributed by atoms with Gasteiger partial charge in [0.2, 0.25) is 10.0 Å². The maximum atomic E-state index is 12.8. The molecule has 136 valence electrons. The maximum absolute atomic E-state index is 12.8. The first kappa shape index (κ1) is 17.5. The first-order valence-corrected chi connectivity index (χ1v) is 10.0. The van der Waals surface area contributed by atoms with E-state index in [9.17, 15) is 8.42 Å². The highest BCUT2D eigenvalue weighted by molar-refractivity contribution is 7.89. The van der Waals surface area contributed by atoms with Crippen molar-refractivity contribution in [3.8, 4) is 11.8 Å². The lowest BCUT2D eigenvalue weighted by Crippen LogP contribution is -2.31. The molecule has 1 aromatic heterocycles. The van der Waals surface area contributed by atoms with Crippen LogP contribution < -0.4 is 4.74 Å². The van der Waals surface area contributed by atoms with Crippen molar-refractivity contribution in [2.24, 2.45) is 0 Å². The third-order valence-corrected chi connectivity index (χ3v) is 6.50. The molecule has 1 atom stereocenters. The minimum atomic E-state index is -3.60. The predicted octanol–water partition coefficient (Wildman–Crippen LogP) is 2.95. The van der Waals surface area contributed by atoms with E-state index in [0.717, 1.165) is 10.9 Å². The number of para-hydroxylation sites is 1. The van der Waals surface area contributed by atoms with E-state index in [4.69, 9.17) is 10.00 Å². The number of aromatic nitrogens is 1. The monoisotopic (exact) mass is 379 g/mol. The molecule has 7 heteroatoms. The zero-order chi connectivity index (χ0) is 18.9. The minimum Gasteiger partial charge on any atom is -0.487 e. The number of hydrogen-bond donors (Lipinski definition) is 0. The van der Waals surface area contributed by atoms with Crippen LogP contribution in [0, 0.1) is 11.3 Å². The van der Waals surface area contributed by atoms with Crippen LogP contribution in [0.25, 0.3) is 10.9 Å². The second-order valence-electron chi connectivity index (χ2n) is 6.36. The van der Waals surface area contributed by atoms with Gasteiger partial charge >= 0.3 is 0 Å². The predicted molar refractivity (Wildman–Crippen MR) is 101 cm³/mol. The van der Waals surface area contributed by atoms with E-state index < -0.39 is 10.0 Å². The summed E-state index contributed by atoms with van der Waals surface area (Å²) >= 11 is 0. The zero-order valence-electron chi connectivity index (χ0n) is 14.4. The summed E-state index contributed by atoms with van der Waals surface area (Å²) in [6.45, 7) is 0.677. The molecular formula is C20H17N3O3S. The van der Waals surface area contributed by atoms with Gasteiger partial charge < -0.3 is 4.74 Å². The van der Waals surface area contributed by atoms with E-state index >= 15 is 0 Å². The molecule has 0 radical (unpaired) electrons. The van der Waals surface area contributed by atoms with Crippen molar-refractivity contribution in [2.75, 3.05) is 13.1 Å². The van der Waals surface area contributed by atoms with E-state index in [1.165, 1.54) is 28.6 Å². The van der Waals surface area contributed by atoms with Gasteiger partial charge in [0.25, 0.3) is 0 Å². The van der Waals surface area contributed by atoms with E-state index in [1.807, 2.05) is 36.4 Å². The molecule has 1 fully saturated rings. The molecule has 4 rings (SSSR count). The summed E-state index contributed by atoms with van der Waals surface area (Å²) in [6.07, 6.45) is 2.09. The van der Waals surface area contributed by atoms with Gasteiger partial charge in [-0.3, -0.25) is 4.98 Å². The summed E-state index contributed by atoms with van der Waals surface area (Å²) in [5.74, 6) is 0.663. The lowest BCUT2D eigenvalue weighted by Gasteiger charge is -2.18. The molecule has 2 aromatic carbocycles. The summed E-state index contributed by atoms with van der Waals surface area (Å²) < 4.78 is 33.1. The standard InChI is InChI=1S/C20H17N3O3S/c21-13-15-6-8-18(9-7-15)27(24,25)23-12-10-17(14-23)26-19-5-1-3-16-4-2-11-22-20(16)19/h1-9,11,17H,10,12,14H2. The minimum absolute atomic E-state index is 0.189. The van der Waals surface area contributed by atoms with Crippen LogP contribution in [-0.4, -0.2) is 36.9 Å². The zero-order valence-corrected chi connectivity index (χ0v) is 15.3. The molecule has 0 bridgehead atoms. The molecule has 1 aliphatic heterocycles. The van der Waals surface area contributed by atoms with Crippen molar-refractivity contribution in [2.45, 2.75) is 17.4 Å². The molecule has 0 saturated carbocycles. The van der Waals surface area contributed by atoms with Crippen LogP contribution in [0.15, 0.2) is 65.7 Å². The molecule has 1 saturated heterocycles. The van der Waals surface area contributed by atoms with Gasteiger partial charge in [-0.1, -0.05) is 18.2 Å². The van der Waals surface area contributed by atoms with Crippen LogP contribution in [-0.2, 0) is 10.0 Å². The first-order chi connectivity index (χ1) is 13.1. The van der Waals surface area contributed by atoms with Crippen molar-refractivity contribution >= 4 is 20.9 Å². The topological polar surface area (TPSA) is 83.3 Å². The molecule has 6 nitrogen and oxygen atoms in total. The fourth-order valence-electron chi connectivity index (χ4n) is 3.21. The van der Waals surface area contributed by atoms with Crippen LogP contribution >= 0.6 is 0 Å². The van der Waals surface area contributed by atoms with Crippen molar-refractivity contribution in [1.82, 2.24) is 9.29 Å². The van der Waals surface area contributed by atoms with E-state index in [2.05, 4.69) is 4.98 Å². The molecule has 0 spiro atoms. The van der Waals surface area contributed by atoms with Gasteiger partial charge in [0, 0.05) is 18.1 Å². The Balaban J connectivity index is 1.52. The molecule has 27 heavy (non-hydrogen) atoms. The lowest BCUT2D eigenvalue weighted by molar-refractivity contribution is 0.218. The smallest absolute Gasteiger partial charge is 0.243 e. The molecule has 2 heterocycles. The molecule has 0 N–H and O–H groups in total. The number of hydrogen-bond acceptors (Lipinski definition) is 5. The van der Waals surface area contributed by atoms with Crippen molar-refractivity contribution in [3.05, 3.63) is 66.4 Å². The van der Waals surface area contributed by atoms with E-state index in [0.29, 0.717) is 24.3 Å². The number of nitrogens with zero attached hydrogens (tertiary/aromatic N) is 3. The molecule has 0 amide bonds. The van der Waals surface area contributed by atoms with Crippen LogP contribution in [0.4, 0.5) is 0 Å². The van der Waals surface area contributed by atoms with Gasteiger partial charge in [-0.2, -0.15) is 9.57 Å². The lowest BCUT2D eigenvalue weighted by atomic mass is 10.2. The molecule has 1 unspecified atom stereocenters. The molecule has 1 aliphatic rings. The van der Waals surface area contributed by atoms with Crippen molar-refractivity contribution in [3.63, 3.8) is 0 Å². The van der Waals surface area contributed by atoms with Gasteiger partial charge in [0.05, 0.1) is 23.1 Å². The molecule has 0 aliphatic carbocycles. The number of benzene rings is 2. The Kier molecular flexibility index (Phi) is 4.52. The van der Waals surface area contributed by atoms with Gasteiger partial charge in [0.1, 0.15) is 17.4 Å². The second-order valence-corrected chi connectivity index (χ2v) is 8.30. The molecular weight excluding hydrogens is 362 g/mol. The van der Waals surface area contributed by atoms with Gasteiger partial charge in [0.15, 0.2) is 0 Å². The highest BCUT2D eigenvalue weighted by atomic mass is 32.2. The summed E-state index contributed by atoms with van der Waals surface area (Å²) in [4.78, 5) is 4.56. The molecule has 3 aromatic rings. The Bertz CT molecular complexity index is 1120. The van der Waals surface area contributed by atoms with Crippen LogP contribution in [0.1, 0.15) is 12.0 Å². The Morgan fingerprint density at radius 1 is 1.11 bits per heavy atom. The maximum Gasteiger partial charge on any atom is 0.243 e. The number of fused-ring (bicyclic) bond motifs is 1. The fourth-order valence-corrected chi connectivity index (χ4v) is 4.70. The average molecular weight is 379 g/mol. The van der Waals surface area contributed by atoms with Gasteiger partial charge in [-0.15, -0.1) is 0 Å². The Labute approximate surface area is 157 Å². The highest BCUT2D eigenvalue weighted by Gasteiger charge is 2.33. The summed E-state index contributed by atoms with van der Waals surface area (Å²) in [7, 11) is -3.60. The summed E-state index contributed by atoms with van der Waals surface area (Å²) in [6, 6.07) is 17.5. The Morgan fingerprint density at radius 3 is 2.67 bits per heavy atom. The largest absolute Gasteiger partial charge is 0.487 e. The third-order valence-electron chi connectivity index (χ3n) is 4.62. The number of pyridine rings is 1. The van der Waals surface area contributed by atoms with E-state index in [1.54, 1.807) is 6.20 Å².